The molecule has 0 radical (unpaired) electrons. The van der Waals surface area contributed by atoms with E-state index in [-0.39, 0.29) is 5.91 Å². The van der Waals surface area contributed by atoms with Gasteiger partial charge >= 0.3 is 5.97 Å². The number of carboxylic acids is 1. The molecule has 2 aliphatic heterocycles. The summed E-state index contributed by atoms with van der Waals surface area (Å²) in [6.45, 7) is 5.40. The Morgan fingerprint density at radius 1 is 1.16 bits per heavy atom. The van der Waals surface area contributed by atoms with Crippen molar-refractivity contribution in [1.82, 2.24) is 14.7 Å². The molecule has 0 bridgehead atoms. The summed E-state index contributed by atoms with van der Waals surface area (Å²) >= 11 is 0. The first-order chi connectivity index (χ1) is 9.08. The molecule has 0 aliphatic carbocycles. The van der Waals surface area contributed by atoms with Gasteiger partial charge in [0, 0.05) is 45.7 Å². The van der Waals surface area contributed by atoms with Crippen LogP contribution >= 0.6 is 0 Å². The normalized spacial score (nSPS) is 25.7. The predicted octanol–water partition coefficient (Wildman–Crippen LogP) is -0.300. The number of rotatable bonds is 4. The Morgan fingerprint density at radius 3 is 2.47 bits per heavy atom. The molecule has 1 atom stereocenters. The molecular weight excluding hydrogens is 246 g/mol. The number of aliphatic carboxylic acids is 1. The van der Waals surface area contributed by atoms with Gasteiger partial charge in [-0.2, -0.15) is 0 Å². The van der Waals surface area contributed by atoms with Crippen LogP contribution in [-0.4, -0.2) is 84.0 Å². The van der Waals surface area contributed by atoms with Gasteiger partial charge in [-0.25, -0.2) is 4.79 Å². The second-order valence-corrected chi connectivity index (χ2v) is 5.48. The van der Waals surface area contributed by atoms with Gasteiger partial charge in [0.15, 0.2) is 0 Å². The van der Waals surface area contributed by atoms with Gasteiger partial charge in [-0.1, -0.05) is 0 Å². The van der Waals surface area contributed by atoms with Crippen molar-refractivity contribution in [3.05, 3.63) is 0 Å². The molecule has 19 heavy (non-hydrogen) atoms. The number of piperazine rings is 1. The second kappa shape index (κ2) is 6.34. The zero-order valence-electron chi connectivity index (χ0n) is 11.5. The largest absolute Gasteiger partial charge is 0.480 e. The maximum Gasteiger partial charge on any atom is 0.326 e. The maximum absolute atomic E-state index is 12.1. The molecule has 2 fully saturated rings. The Hall–Kier alpha value is -1.14. The van der Waals surface area contributed by atoms with Crippen molar-refractivity contribution in [3.63, 3.8) is 0 Å². The molecule has 0 aromatic heterocycles. The summed E-state index contributed by atoms with van der Waals surface area (Å²) < 4.78 is 0. The Morgan fingerprint density at radius 2 is 1.84 bits per heavy atom. The second-order valence-electron chi connectivity index (χ2n) is 5.48. The minimum atomic E-state index is -0.870. The molecule has 0 aromatic rings. The molecule has 0 spiro atoms. The number of carbonyl (C=O) groups is 2. The van der Waals surface area contributed by atoms with Crippen LogP contribution in [0.1, 0.15) is 19.3 Å². The van der Waals surface area contributed by atoms with Crippen LogP contribution in [0.5, 0.6) is 0 Å². The van der Waals surface area contributed by atoms with E-state index in [0.29, 0.717) is 19.4 Å². The van der Waals surface area contributed by atoms with Gasteiger partial charge in [-0.05, 0) is 19.9 Å². The predicted molar refractivity (Wildman–Crippen MR) is 70.9 cm³/mol. The highest BCUT2D eigenvalue weighted by atomic mass is 16.4. The number of likely N-dealkylation sites (tertiary alicyclic amines) is 1. The minimum Gasteiger partial charge on any atom is -0.480 e. The van der Waals surface area contributed by atoms with E-state index in [9.17, 15) is 9.59 Å². The Bertz CT molecular complexity index is 340. The van der Waals surface area contributed by atoms with Crippen LogP contribution in [0.2, 0.25) is 0 Å². The summed E-state index contributed by atoms with van der Waals surface area (Å²) in [5.74, 6) is -0.880. The molecule has 6 nitrogen and oxygen atoms in total. The lowest BCUT2D eigenvalue weighted by Gasteiger charge is -2.32. The quantitative estimate of drug-likeness (QED) is 0.759. The highest BCUT2D eigenvalue weighted by molar-refractivity contribution is 5.84. The standard InChI is InChI=1S/C13H23N3O3/c1-14-7-9-15(10-8-14)6-4-12(17)16-5-2-3-11(16)13(18)19/h11H,2-10H2,1H3,(H,18,19)/t11-/m0/s1. The van der Waals surface area contributed by atoms with E-state index < -0.39 is 12.0 Å². The van der Waals surface area contributed by atoms with E-state index in [1.54, 1.807) is 4.90 Å². The molecule has 0 unspecified atom stereocenters. The number of nitrogens with zero attached hydrogens (tertiary/aromatic N) is 3. The molecule has 0 aromatic carbocycles. The Balaban J connectivity index is 1.76. The van der Waals surface area contributed by atoms with E-state index in [1.807, 2.05) is 0 Å². The van der Waals surface area contributed by atoms with Gasteiger partial charge in [0.25, 0.3) is 0 Å². The van der Waals surface area contributed by atoms with E-state index in [2.05, 4.69) is 16.8 Å². The molecule has 0 saturated carbocycles. The fraction of sp³-hybridized carbons (Fsp3) is 0.846. The monoisotopic (exact) mass is 269 g/mol. The van der Waals surface area contributed by atoms with E-state index in [1.165, 1.54) is 0 Å². The summed E-state index contributed by atoms with van der Waals surface area (Å²) in [5, 5.41) is 9.07. The van der Waals surface area contributed by atoms with Gasteiger partial charge in [-0.3, -0.25) is 4.79 Å². The van der Waals surface area contributed by atoms with Crippen LogP contribution < -0.4 is 0 Å². The number of hydrogen-bond donors (Lipinski definition) is 1. The van der Waals surface area contributed by atoms with Crippen molar-refractivity contribution in [2.24, 2.45) is 0 Å². The summed E-state index contributed by atoms with van der Waals surface area (Å²) in [4.78, 5) is 29.2. The first-order valence-corrected chi connectivity index (χ1v) is 7.01. The molecule has 2 aliphatic rings. The number of carbonyl (C=O) groups excluding carboxylic acids is 1. The van der Waals surface area contributed by atoms with E-state index in [4.69, 9.17) is 5.11 Å². The smallest absolute Gasteiger partial charge is 0.326 e. The third-order valence-electron chi connectivity index (χ3n) is 4.10. The van der Waals surface area contributed by atoms with Crippen molar-refractivity contribution < 1.29 is 14.7 Å². The van der Waals surface area contributed by atoms with E-state index >= 15 is 0 Å². The summed E-state index contributed by atoms with van der Waals surface area (Å²) in [6.07, 6.45) is 1.83. The molecule has 2 saturated heterocycles. The van der Waals surface area contributed by atoms with Gasteiger partial charge in [-0.15, -0.1) is 0 Å². The maximum atomic E-state index is 12.1. The first kappa shape index (κ1) is 14.3. The van der Waals surface area contributed by atoms with Crippen molar-refractivity contribution >= 4 is 11.9 Å². The molecule has 6 heteroatoms. The van der Waals surface area contributed by atoms with Crippen LogP contribution in [0.3, 0.4) is 0 Å². The summed E-state index contributed by atoms with van der Waals surface area (Å²) in [6, 6.07) is -0.597. The van der Waals surface area contributed by atoms with Gasteiger partial charge in [0.05, 0.1) is 0 Å². The van der Waals surface area contributed by atoms with Gasteiger partial charge in [0.1, 0.15) is 6.04 Å². The van der Waals surface area contributed by atoms with Crippen molar-refractivity contribution in [2.75, 3.05) is 46.3 Å². The third-order valence-corrected chi connectivity index (χ3v) is 4.10. The molecule has 1 N–H and O–H groups in total. The van der Waals surface area contributed by atoms with Crippen LogP contribution in [0.4, 0.5) is 0 Å². The van der Waals surface area contributed by atoms with Crippen molar-refractivity contribution in [3.8, 4) is 0 Å². The zero-order chi connectivity index (χ0) is 13.8. The fourth-order valence-electron chi connectivity index (χ4n) is 2.79. The van der Waals surface area contributed by atoms with Crippen LogP contribution in [0, 0.1) is 0 Å². The number of hydrogen-bond acceptors (Lipinski definition) is 4. The molecule has 2 heterocycles. The Kier molecular flexibility index (Phi) is 4.76. The number of amides is 1. The van der Waals surface area contributed by atoms with Crippen LogP contribution in [-0.2, 0) is 9.59 Å². The average molecular weight is 269 g/mol. The summed E-state index contributed by atoms with van der Waals surface area (Å²) in [5.41, 5.74) is 0. The van der Waals surface area contributed by atoms with Gasteiger partial charge < -0.3 is 19.8 Å². The van der Waals surface area contributed by atoms with Crippen LogP contribution in [0.25, 0.3) is 0 Å². The van der Waals surface area contributed by atoms with E-state index in [0.717, 1.165) is 39.1 Å². The lowest BCUT2D eigenvalue weighted by Crippen LogP contribution is -2.46. The van der Waals surface area contributed by atoms with Crippen LogP contribution in [0.15, 0.2) is 0 Å². The third kappa shape index (κ3) is 3.67. The minimum absolute atomic E-state index is 0.0103. The highest BCUT2D eigenvalue weighted by Crippen LogP contribution is 2.18. The van der Waals surface area contributed by atoms with Crippen molar-refractivity contribution in [2.45, 2.75) is 25.3 Å². The molecule has 2 rings (SSSR count). The topological polar surface area (TPSA) is 64.1 Å². The lowest BCUT2D eigenvalue weighted by atomic mass is 10.2. The highest BCUT2D eigenvalue weighted by Gasteiger charge is 2.33. The molecule has 1 amide bonds. The average Bonchev–Trinajstić information content (AvgIpc) is 2.87. The SMILES string of the molecule is CN1CCN(CCC(=O)N2CCC[C@H]2C(=O)O)CC1. The summed E-state index contributed by atoms with van der Waals surface area (Å²) in [7, 11) is 2.10. The van der Waals surface area contributed by atoms with Crippen molar-refractivity contribution in [1.29, 1.82) is 0 Å². The molecular formula is C13H23N3O3. The van der Waals surface area contributed by atoms with Gasteiger partial charge in [0.2, 0.25) is 5.91 Å². The number of carboxylic acid groups (broad SMARTS) is 1. The first-order valence-electron chi connectivity index (χ1n) is 7.01. The zero-order valence-corrected chi connectivity index (χ0v) is 11.5. The number of likely N-dealkylation sites (N-methyl/N-ethyl adjacent to an activating group) is 1. The lowest BCUT2D eigenvalue weighted by molar-refractivity contribution is -0.148. The molecule has 108 valence electrons. The fourth-order valence-corrected chi connectivity index (χ4v) is 2.79. The Labute approximate surface area is 114 Å².